The number of fused-ring (bicyclic) bond motifs is 1. The minimum Gasteiger partial charge on any atom is -0.378 e. The van der Waals surface area contributed by atoms with Gasteiger partial charge in [0.05, 0.1) is 30.8 Å². The average Bonchev–Trinajstić information content (AvgIpc) is 3.07. The van der Waals surface area contributed by atoms with Crippen molar-refractivity contribution in [2.45, 2.75) is 26.3 Å². The van der Waals surface area contributed by atoms with Crippen molar-refractivity contribution >= 4 is 34.2 Å². The summed E-state index contributed by atoms with van der Waals surface area (Å²) in [5, 5.41) is 0.719. The Morgan fingerprint density at radius 1 is 1.24 bits per heavy atom. The largest absolute Gasteiger partial charge is 0.378 e. The first-order valence-corrected chi connectivity index (χ1v) is 10.4. The second kappa shape index (κ2) is 8.43. The van der Waals surface area contributed by atoms with E-state index >= 15 is 0 Å². The van der Waals surface area contributed by atoms with Crippen LogP contribution in [0.1, 0.15) is 35.1 Å². The number of benzene rings is 2. The van der Waals surface area contributed by atoms with Crippen molar-refractivity contribution in [3.05, 3.63) is 58.4 Å². The summed E-state index contributed by atoms with van der Waals surface area (Å²) < 4.78 is 7.64. The molecule has 2 aromatic carbocycles. The number of carbonyl (C=O) groups excluding carboxylic acids is 1. The summed E-state index contributed by atoms with van der Waals surface area (Å²) in [5.41, 5.74) is 9.75. The van der Waals surface area contributed by atoms with E-state index in [9.17, 15) is 4.79 Å². The van der Waals surface area contributed by atoms with Gasteiger partial charge in [-0.3, -0.25) is 4.79 Å². The predicted octanol–water partition coefficient (Wildman–Crippen LogP) is 3.63. The molecular weight excluding hydrogens is 388 g/mol. The molecule has 2 N–H and O–H groups in total. The van der Waals surface area contributed by atoms with Crippen molar-refractivity contribution in [3.8, 4) is 0 Å². The second-order valence-electron chi connectivity index (χ2n) is 7.28. The quantitative estimate of drug-likeness (QED) is 0.671. The fourth-order valence-electron chi connectivity index (χ4n) is 3.84. The summed E-state index contributed by atoms with van der Waals surface area (Å²) >= 11 is 6.43. The number of halogens is 1. The van der Waals surface area contributed by atoms with Crippen molar-refractivity contribution < 1.29 is 9.53 Å². The van der Waals surface area contributed by atoms with Gasteiger partial charge in [-0.15, -0.1) is 0 Å². The molecule has 1 fully saturated rings. The number of hydrogen-bond donors (Lipinski definition) is 1. The van der Waals surface area contributed by atoms with Crippen molar-refractivity contribution in [3.63, 3.8) is 0 Å². The molecule has 152 valence electrons. The number of rotatable bonds is 6. The van der Waals surface area contributed by atoms with Crippen LogP contribution < -0.4 is 10.6 Å². The zero-order chi connectivity index (χ0) is 20.4. The van der Waals surface area contributed by atoms with E-state index in [-0.39, 0.29) is 0 Å². The van der Waals surface area contributed by atoms with Crippen molar-refractivity contribution in [2.75, 3.05) is 31.2 Å². The highest BCUT2D eigenvalue weighted by molar-refractivity contribution is 6.31. The average molecular weight is 413 g/mol. The fraction of sp³-hybridized carbons (Fsp3) is 0.364. The van der Waals surface area contributed by atoms with Crippen LogP contribution >= 0.6 is 11.6 Å². The summed E-state index contributed by atoms with van der Waals surface area (Å²) in [6, 6.07) is 11.8. The van der Waals surface area contributed by atoms with Crippen LogP contribution in [0.15, 0.2) is 36.4 Å². The lowest BCUT2D eigenvalue weighted by Gasteiger charge is -2.29. The maximum absolute atomic E-state index is 12.2. The molecule has 29 heavy (non-hydrogen) atoms. The molecule has 3 aromatic rings. The van der Waals surface area contributed by atoms with Gasteiger partial charge in [0.2, 0.25) is 0 Å². The molecule has 7 heteroatoms. The van der Waals surface area contributed by atoms with Crippen molar-refractivity contribution in [1.82, 2.24) is 9.55 Å². The van der Waals surface area contributed by atoms with Crippen LogP contribution in [-0.4, -0.2) is 41.8 Å². The first-order valence-electron chi connectivity index (χ1n) is 9.97. The Labute approximate surface area is 175 Å². The Bertz CT molecular complexity index is 1040. The van der Waals surface area contributed by atoms with E-state index in [1.54, 1.807) is 0 Å². The number of morpholine rings is 1. The van der Waals surface area contributed by atoms with Gasteiger partial charge in [-0.25, -0.2) is 4.98 Å². The third kappa shape index (κ3) is 3.95. The van der Waals surface area contributed by atoms with Gasteiger partial charge in [-0.05, 0) is 30.2 Å². The maximum atomic E-state index is 12.2. The zero-order valence-electron chi connectivity index (χ0n) is 16.5. The minimum atomic E-state index is -0.462. The SMILES string of the molecule is CCCc1nc2c(C(N)=O)cc(N3CCOCC3)cc2n1Cc1ccccc1Cl. The zero-order valence-corrected chi connectivity index (χ0v) is 17.3. The van der Waals surface area contributed by atoms with E-state index in [0.717, 1.165) is 53.5 Å². The lowest BCUT2D eigenvalue weighted by atomic mass is 10.1. The summed E-state index contributed by atoms with van der Waals surface area (Å²) in [4.78, 5) is 19.3. The van der Waals surface area contributed by atoms with Crippen LogP contribution in [0.3, 0.4) is 0 Å². The topological polar surface area (TPSA) is 73.4 Å². The van der Waals surface area contributed by atoms with Crippen LogP contribution in [0.2, 0.25) is 5.02 Å². The van der Waals surface area contributed by atoms with Gasteiger partial charge in [0.15, 0.2) is 0 Å². The smallest absolute Gasteiger partial charge is 0.251 e. The Hall–Kier alpha value is -2.57. The molecule has 6 nitrogen and oxygen atoms in total. The number of aryl methyl sites for hydroxylation is 1. The number of imidazole rings is 1. The van der Waals surface area contributed by atoms with Crippen molar-refractivity contribution in [1.29, 1.82) is 0 Å². The van der Waals surface area contributed by atoms with Gasteiger partial charge in [0, 0.05) is 30.2 Å². The number of aromatic nitrogens is 2. The molecule has 1 amide bonds. The van der Waals surface area contributed by atoms with E-state index in [1.807, 2.05) is 30.3 Å². The molecule has 1 saturated heterocycles. The van der Waals surface area contributed by atoms with Gasteiger partial charge in [-0.2, -0.15) is 0 Å². The molecule has 2 heterocycles. The number of anilines is 1. The van der Waals surface area contributed by atoms with Crippen molar-refractivity contribution in [2.24, 2.45) is 5.73 Å². The molecule has 0 radical (unpaired) electrons. The maximum Gasteiger partial charge on any atom is 0.251 e. The van der Waals surface area contributed by atoms with E-state index < -0.39 is 5.91 Å². The van der Waals surface area contributed by atoms with E-state index in [0.29, 0.717) is 30.8 Å². The summed E-state index contributed by atoms with van der Waals surface area (Å²) in [7, 11) is 0. The van der Waals surface area contributed by atoms with Gasteiger partial charge in [0.1, 0.15) is 11.3 Å². The summed E-state index contributed by atoms with van der Waals surface area (Å²) in [6.45, 7) is 5.62. The Morgan fingerprint density at radius 3 is 2.69 bits per heavy atom. The summed E-state index contributed by atoms with van der Waals surface area (Å²) in [6.07, 6.45) is 1.76. The Morgan fingerprint density at radius 2 is 2.00 bits per heavy atom. The Balaban J connectivity index is 1.89. The Kier molecular flexibility index (Phi) is 5.74. The number of carbonyl (C=O) groups is 1. The summed E-state index contributed by atoms with van der Waals surface area (Å²) in [5.74, 6) is 0.472. The number of nitrogens with zero attached hydrogens (tertiary/aromatic N) is 3. The van der Waals surface area contributed by atoms with Crippen LogP contribution in [-0.2, 0) is 17.7 Å². The minimum absolute atomic E-state index is 0.458. The molecule has 0 atom stereocenters. The molecular formula is C22H25ClN4O2. The number of ether oxygens (including phenoxy) is 1. The first-order chi connectivity index (χ1) is 14.1. The number of primary amides is 1. The molecule has 1 aliphatic heterocycles. The lowest BCUT2D eigenvalue weighted by Crippen LogP contribution is -2.36. The van der Waals surface area contributed by atoms with Gasteiger partial charge >= 0.3 is 0 Å². The highest BCUT2D eigenvalue weighted by atomic mass is 35.5. The highest BCUT2D eigenvalue weighted by Crippen LogP contribution is 2.29. The van der Waals surface area contributed by atoms with Crippen LogP contribution in [0.4, 0.5) is 5.69 Å². The van der Waals surface area contributed by atoms with Crippen LogP contribution in [0.25, 0.3) is 11.0 Å². The van der Waals surface area contributed by atoms with Gasteiger partial charge < -0.3 is 19.9 Å². The third-order valence-corrected chi connectivity index (χ3v) is 5.69. The number of nitrogens with two attached hydrogens (primary N) is 1. The number of hydrogen-bond acceptors (Lipinski definition) is 4. The van der Waals surface area contributed by atoms with Crippen LogP contribution in [0, 0.1) is 0 Å². The first kappa shape index (κ1) is 19.7. The predicted molar refractivity (Wildman–Crippen MR) is 116 cm³/mol. The highest BCUT2D eigenvalue weighted by Gasteiger charge is 2.21. The fourth-order valence-corrected chi connectivity index (χ4v) is 4.03. The van der Waals surface area contributed by atoms with E-state index in [4.69, 9.17) is 27.1 Å². The molecule has 0 aliphatic carbocycles. The van der Waals surface area contributed by atoms with E-state index in [2.05, 4.69) is 22.5 Å². The molecule has 0 saturated carbocycles. The number of amides is 1. The molecule has 0 unspecified atom stereocenters. The van der Waals surface area contributed by atoms with E-state index in [1.165, 1.54) is 0 Å². The third-order valence-electron chi connectivity index (χ3n) is 5.32. The lowest BCUT2D eigenvalue weighted by molar-refractivity contribution is 0.100. The normalized spacial score (nSPS) is 14.5. The van der Waals surface area contributed by atoms with Gasteiger partial charge in [-0.1, -0.05) is 36.7 Å². The molecule has 1 aromatic heterocycles. The molecule has 1 aliphatic rings. The second-order valence-corrected chi connectivity index (χ2v) is 7.69. The van der Waals surface area contributed by atoms with Crippen LogP contribution in [0.5, 0.6) is 0 Å². The monoisotopic (exact) mass is 412 g/mol. The molecule has 0 bridgehead atoms. The standard InChI is InChI=1S/C22H25ClN4O2/c1-2-5-20-25-21-17(22(24)28)12-16(26-8-10-29-11-9-26)13-19(21)27(20)14-15-6-3-4-7-18(15)23/h3-4,6-7,12-13H,2,5,8-11,14H2,1H3,(H2,24,28). The van der Waals surface area contributed by atoms with Gasteiger partial charge in [0.25, 0.3) is 5.91 Å². The molecule has 4 rings (SSSR count). The molecule has 0 spiro atoms.